The van der Waals surface area contributed by atoms with E-state index in [1.165, 1.54) is 22.7 Å². The summed E-state index contributed by atoms with van der Waals surface area (Å²) in [5, 5.41) is 7.97. The average molecular weight is 485 g/mol. The summed E-state index contributed by atoms with van der Waals surface area (Å²) in [5.74, 6) is -0.475. The molecule has 8 nitrogen and oxygen atoms in total. The number of thiazole rings is 1. The highest BCUT2D eigenvalue weighted by molar-refractivity contribution is 7.16. The minimum atomic E-state index is -0.549. The molecule has 0 radical (unpaired) electrons. The predicted molar refractivity (Wildman–Crippen MR) is 129 cm³/mol. The summed E-state index contributed by atoms with van der Waals surface area (Å²) in [6, 6.07) is 10.2. The maximum atomic E-state index is 12.7. The molecule has 0 saturated carbocycles. The van der Waals surface area contributed by atoms with Gasteiger partial charge in [-0.15, -0.1) is 11.3 Å². The number of fused-ring (bicyclic) bond motifs is 1. The number of amides is 3. The Morgan fingerprint density at radius 2 is 1.82 bits per heavy atom. The van der Waals surface area contributed by atoms with E-state index in [4.69, 9.17) is 4.74 Å². The fraction of sp³-hybridized carbons (Fsp3) is 0.304. The van der Waals surface area contributed by atoms with E-state index < -0.39 is 5.60 Å². The number of hydrogen-bond donors (Lipinski definition) is 2. The first kappa shape index (κ1) is 22.9. The average Bonchev–Trinajstić information content (AvgIpc) is 3.42. The maximum Gasteiger partial charge on any atom is 0.410 e. The monoisotopic (exact) mass is 484 g/mol. The summed E-state index contributed by atoms with van der Waals surface area (Å²) in [5.41, 5.74) is 1.40. The Morgan fingerprint density at radius 1 is 1.06 bits per heavy atom. The van der Waals surface area contributed by atoms with Gasteiger partial charge in [0.05, 0.1) is 17.1 Å². The van der Waals surface area contributed by atoms with Crippen molar-refractivity contribution in [2.24, 2.45) is 0 Å². The number of ether oxygens (including phenoxy) is 1. The number of nitrogens with zero attached hydrogens (tertiary/aromatic N) is 2. The van der Waals surface area contributed by atoms with Crippen molar-refractivity contribution in [1.82, 2.24) is 9.88 Å². The Balaban J connectivity index is 1.36. The van der Waals surface area contributed by atoms with E-state index in [1.807, 2.05) is 32.2 Å². The molecule has 2 N–H and O–H groups in total. The van der Waals surface area contributed by atoms with Gasteiger partial charge in [0.2, 0.25) is 0 Å². The van der Waals surface area contributed by atoms with Crippen LogP contribution in [0, 0.1) is 0 Å². The van der Waals surface area contributed by atoms with Gasteiger partial charge in [-0.3, -0.25) is 14.9 Å². The third kappa shape index (κ3) is 5.77. The number of benzene rings is 1. The Kier molecular flexibility index (Phi) is 6.48. The number of rotatable bonds is 4. The molecule has 3 heterocycles. The van der Waals surface area contributed by atoms with Crippen molar-refractivity contribution >= 4 is 51.4 Å². The van der Waals surface area contributed by atoms with Gasteiger partial charge >= 0.3 is 6.09 Å². The summed E-state index contributed by atoms with van der Waals surface area (Å²) in [6.45, 7) is 6.45. The zero-order valence-electron chi connectivity index (χ0n) is 18.5. The van der Waals surface area contributed by atoms with Crippen LogP contribution in [-0.2, 0) is 17.7 Å². The van der Waals surface area contributed by atoms with Gasteiger partial charge in [0.1, 0.15) is 5.60 Å². The molecule has 0 unspecified atom stereocenters. The second-order valence-corrected chi connectivity index (χ2v) is 10.5. The molecular weight excluding hydrogens is 460 g/mol. The highest BCUT2D eigenvalue weighted by atomic mass is 32.1. The zero-order chi connectivity index (χ0) is 23.6. The molecule has 1 aliphatic heterocycles. The Hall–Kier alpha value is -3.24. The summed E-state index contributed by atoms with van der Waals surface area (Å²) >= 11 is 2.72. The van der Waals surface area contributed by atoms with Gasteiger partial charge in [-0.2, -0.15) is 0 Å². The van der Waals surface area contributed by atoms with E-state index in [9.17, 15) is 14.4 Å². The van der Waals surface area contributed by atoms with Crippen LogP contribution in [0.4, 0.5) is 15.6 Å². The molecule has 4 rings (SSSR count). The Morgan fingerprint density at radius 3 is 2.48 bits per heavy atom. The highest BCUT2D eigenvalue weighted by Gasteiger charge is 2.28. The smallest absolute Gasteiger partial charge is 0.410 e. The van der Waals surface area contributed by atoms with Crippen LogP contribution in [0.2, 0.25) is 0 Å². The van der Waals surface area contributed by atoms with E-state index >= 15 is 0 Å². The molecule has 0 aliphatic carbocycles. The van der Waals surface area contributed by atoms with Crippen LogP contribution in [0.15, 0.2) is 41.8 Å². The van der Waals surface area contributed by atoms with Crippen molar-refractivity contribution in [3.8, 4) is 0 Å². The van der Waals surface area contributed by atoms with Crippen molar-refractivity contribution in [3.63, 3.8) is 0 Å². The van der Waals surface area contributed by atoms with Crippen molar-refractivity contribution in [1.29, 1.82) is 0 Å². The van der Waals surface area contributed by atoms with Gasteiger partial charge in [-0.25, -0.2) is 9.78 Å². The molecule has 172 valence electrons. The molecule has 0 atom stereocenters. The lowest BCUT2D eigenvalue weighted by molar-refractivity contribution is 0.0225. The van der Waals surface area contributed by atoms with Crippen LogP contribution in [0.1, 0.15) is 51.4 Å². The molecule has 0 bridgehead atoms. The standard InChI is InChI=1S/C23H24N4O4S2/c1-23(2,3)31-22(30)27-11-10-16-18(13-27)33-21(25-16)26-19(28)14-6-8-15(9-7-14)24-20(29)17-5-4-12-32-17/h4-9,12H,10-11,13H2,1-3H3,(H,24,29)(H,25,26,28). The Labute approximate surface area is 199 Å². The van der Waals surface area contributed by atoms with E-state index in [2.05, 4.69) is 15.6 Å². The van der Waals surface area contributed by atoms with Crippen LogP contribution in [0.5, 0.6) is 0 Å². The normalized spacial score (nSPS) is 13.2. The van der Waals surface area contributed by atoms with Crippen molar-refractivity contribution in [2.75, 3.05) is 17.2 Å². The molecule has 10 heteroatoms. The summed E-state index contributed by atoms with van der Waals surface area (Å²) < 4.78 is 5.45. The lowest BCUT2D eigenvalue weighted by Crippen LogP contribution is -2.39. The van der Waals surface area contributed by atoms with Gasteiger partial charge in [0.15, 0.2) is 5.13 Å². The van der Waals surface area contributed by atoms with Crippen LogP contribution in [0.25, 0.3) is 0 Å². The number of aromatic nitrogens is 1. The first-order valence-corrected chi connectivity index (χ1v) is 12.1. The van der Waals surface area contributed by atoms with Gasteiger partial charge in [-0.05, 0) is 56.5 Å². The molecule has 1 aliphatic rings. The van der Waals surface area contributed by atoms with Gasteiger partial charge in [-0.1, -0.05) is 17.4 Å². The van der Waals surface area contributed by atoms with Crippen molar-refractivity contribution < 1.29 is 19.1 Å². The molecule has 0 saturated heterocycles. The molecule has 0 spiro atoms. The summed E-state index contributed by atoms with van der Waals surface area (Å²) in [7, 11) is 0. The molecule has 3 amide bonds. The van der Waals surface area contributed by atoms with E-state index in [-0.39, 0.29) is 17.9 Å². The fourth-order valence-electron chi connectivity index (χ4n) is 3.21. The van der Waals surface area contributed by atoms with Crippen molar-refractivity contribution in [2.45, 2.75) is 39.3 Å². The first-order valence-electron chi connectivity index (χ1n) is 10.4. The lowest BCUT2D eigenvalue weighted by atomic mass is 10.2. The number of carbonyl (C=O) groups is 3. The van der Waals surface area contributed by atoms with Crippen LogP contribution in [0.3, 0.4) is 0 Å². The SMILES string of the molecule is CC(C)(C)OC(=O)N1CCc2nc(NC(=O)c3ccc(NC(=O)c4cccs4)cc3)sc2C1. The summed E-state index contributed by atoms with van der Waals surface area (Å²) in [6.07, 6.45) is 0.262. The number of hydrogen-bond acceptors (Lipinski definition) is 7. The maximum absolute atomic E-state index is 12.7. The number of nitrogens with one attached hydrogen (secondary N) is 2. The fourth-order valence-corrected chi connectivity index (χ4v) is 4.84. The molecule has 33 heavy (non-hydrogen) atoms. The van der Waals surface area contributed by atoms with Crippen molar-refractivity contribution in [3.05, 3.63) is 62.8 Å². The molecule has 2 aromatic heterocycles. The quantitative estimate of drug-likeness (QED) is 0.543. The van der Waals surface area contributed by atoms with Crippen LogP contribution in [-0.4, -0.2) is 39.9 Å². The van der Waals surface area contributed by atoms with E-state index in [1.54, 1.807) is 35.2 Å². The number of anilines is 2. The van der Waals surface area contributed by atoms with E-state index in [0.29, 0.717) is 40.8 Å². The Bertz CT molecular complexity index is 1160. The number of thiophene rings is 1. The second-order valence-electron chi connectivity index (χ2n) is 8.50. The third-order valence-electron chi connectivity index (χ3n) is 4.75. The lowest BCUT2D eigenvalue weighted by Gasteiger charge is -2.29. The molecule has 3 aromatic rings. The zero-order valence-corrected chi connectivity index (χ0v) is 20.1. The predicted octanol–water partition coefficient (Wildman–Crippen LogP) is 5.00. The van der Waals surface area contributed by atoms with Crippen LogP contribution >= 0.6 is 22.7 Å². The van der Waals surface area contributed by atoms with Crippen LogP contribution < -0.4 is 10.6 Å². The second kappa shape index (κ2) is 9.32. The topological polar surface area (TPSA) is 101 Å². The van der Waals surface area contributed by atoms with Gasteiger partial charge in [0, 0.05) is 29.1 Å². The molecule has 1 aromatic carbocycles. The number of carbonyl (C=O) groups excluding carboxylic acids is 3. The highest BCUT2D eigenvalue weighted by Crippen LogP contribution is 2.29. The minimum absolute atomic E-state index is 0.184. The van der Waals surface area contributed by atoms with Gasteiger partial charge in [0.25, 0.3) is 11.8 Å². The third-order valence-corrected chi connectivity index (χ3v) is 6.62. The molecule has 0 fully saturated rings. The summed E-state index contributed by atoms with van der Waals surface area (Å²) in [4.78, 5) is 44.9. The largest absolute Gasteiger partial charge is 0.444 e. The van der Waals surface area contributed by atoms with E-state index in [0.717, 1.165) is 10.6 Å². The molecular formula is C23H24N4O4S2. The minimum Gasteiger partial charge on any atom is -0.444 e. The first-order chi connectivity index (χ1) is 15.7. The van der Waals surface area contributed by atoms with Gasteiger partial charge < -0.3 is 15.0 Å².